The average molecular weight is 192 g/mol. The second kappa shape index (κ2) is 5.04. The van der Waals surface area contributed by atoms with E-state index in [1.54, 1.807) is 0 Å². The van der Waals surface area contributed by atoms with Crippen LogP contribution in [0.2, 0.25) is 0 Å². The topological polar surface area (TPSA) is 20.2 Å². The van der Waals surface area contributed by atoms with Crippen molar-refractivity contribution in [2.45, 2.75) is 40.0 Å². The Hall–Kier alpha value is -0.980. The van der Waals surface area contributed by atoms with E-state index < -0.39 is 0 Å². The molecule has 78 valence electrons. The van der Waals surface area contributed by atoms with Crippen molar-refractivity contribution in [3.63, 3.8) is 0 Å². The summed E-state index contributed by atoms with van der Waals surface area (Å²) in [7, 11) is 0. The molecule has 0 unspecified atom stereocenters. The van der Waals surface area contributed by atoms with Gasteiger partial charge in [0, 0.05) is 0 Å². The molecule has 0 saturated heterocycles. The fraction of sp³-hybridized carbons (Fsp3) is 0.538. The van der Waals surface area contributed by atoms with Crippen molar-refractivity contribution >= 4 is 0 Å². The van der Waals surface area contributed by atoms with Gasteiger partial charge in [-0.05, 0) is 36.0 Å². The van der Waals surface area contributed by atoms with E-state index in [4.69, 9.17) is 0 Å². The highest BCUT2D eigenvalue weighted by molar-refractivity contribution is 5.36. The summed E-state index contributed by atoms with van der Waals surface area (Å²) < 4.78 is 0. The Bertz CT molecular complexity index is 289. The van der Waals surface area contributed by atoms with E-state index in [9.17, 15) is 5.11 Å². The van der Waals surface area contributed by atoms with Crippen LogP contribution in [0, 0.1) is 5.92 Å². The zero-order valence-electron chi connectivity index (χ0n) is 9.38. The smallest absolute Gasteiger partial charge is 0.118 e. The van der Waals surface area contributed by atoms with E-state index in [2.05, 4.69) is 26.8 Å². The Balaban J connectivity index is 2.83. The summed E-state index contributed by atoms with van der Waals surface area (Å²) in [4.78, 5) is 0. The van der Waals surface area contributed by atoms with Crippen LogP contribution in [-0.4, -0.2) is 5.11 Å². The third-order valence-electron chi connectivity index (χ3n) is 2.31. The van der Waals surface area contributed by atoms with Crippen LogP contribution in [0.3, 0.4) is 0 Å². The van der Waals surface area contributed by atoms with Crippen molar-refractivity contribution < 1.29 is 5.11 Å². The first-order chi connectivity index (χ1) is 6.63. The molecule has 0 amide bonds. The summed E-state index contributed by atoms with van der Waals surface area (Å²) in [6.45, 7) is 6.56. The molecule has 1 nitrogen and oxygen atoms in total. The lowest BCUT2D eigenvalue weighted by molar-refractivity contribution is 0.467. The van der Waals surface area contributed by atoms with Crippen LogP contribution in [0.5, 0.6) is 5.75 Å². The summed E-state index contributed by atoms with van der Waals surface area (Å²) in [5.74, 6) is 1.12. The zero-order chi connectivity index (χ0) is 10.6. The molecule has 1 aromatic carbocycles. The largest absolute Gasteiger partial charge is 0.508 e. The van der Waals surface area contributed by atoms with Crippen molar-refractivity contribution in [1.82, 2.24) is 0 Å². The molecule has 0 heterocycles. The summed E-state index contributed by atoms with van der Waals surface area (Å²) in [5.41, 5.74) is 2.42. The molecule has 1 N–H and O–H groups in total. The number of aromatic hydroxyl groups is 1. The SMILES string of the molecule is CCCc1cc(CC(C)C)ccc1O. The van der Waals surface area contributed by atoms with Gasteiger partial charge in [0.1, 0.15) is 5.75 Å². The minimum absolute atomic E-state index is 0.444. The third-order valence-corrected chi connectivity index (χ3v) is 2.31. The fourth-order valence-electron chi connectivity index (χ4n) is 1.71. The molecule has 1 heteroatoms. The fourth-order valence-corrected chi connectivity index (χ4v) is 1.71. The molecular formula is C13H20O. The lowest BCUT2D eigenvalue weighted by atomic mass is 9.99. The molecule has 0 radical (unpaired) electrons. The summed E-state index contributed by atoms with van der Waals surface area (Å²) in [6.07, 6.45) is 3.15. The van der Waals surface area contributed by atoms with Gasteiger partial charge in [0.25, 0.3) is 0 Å². The van der Waals surface area contributed by atoms with Crippen molar-refractivity contribution in [3.05, 3.63) is 29.3 Å². The molecular weight excluding hydrogens is 172 g/mol. The average Bonchev–Trinajstić information content (AvgIpc) is 2.10. The van der Waals surface area contributed by atoms with E-state index in [1.165, 1.54) is 5.56 Å². The Morgan fingerprint density at radius 1 is 1.29 bits per heavy atom. The van der Waals surface area contributed by atoms with Crippen LogP contribution in [0.25, 0.3) is 0 Å². The molecule has 0 aromatic heterocycles. The maximum atomic E-state index is 9.60. The highest BCUT2D eigenvalue weighted by Crippen LogP contribution is 2.21. The van der Waals surface area contributed by atoms with E-state index >= 15 is 0 Å². The molecule has 0 fully saturated rings. The standard InChI is InChI=1S/C13H20O/c1-4-5-12-9-11(8-10(2)3)6-7-13(12)14/h6-7,9-10,14H,4-5,8H2,1-3H3. The molecule has 1 aromatic rings. The van der Waals surface area contributed by atoms with Gasteiger partial charge in [0.05, 0.1) is 0 Å². The Kier molecular flexibility index (Phi) is 3.99. The van der Waals surface area contributed by atoms with Crippen LogP contribution in [0.4, 0.5) is 0 Å². The van der Waals surface area contributed by atoms with Gasteiger partial charge >= 0.3 is 0 Å². The van der Waals surface area contributed by atoms with Gasteiger partial charge in [-0.1, -0.05) is 39.3 Å². The van der Waals surface area contributed by atoms with Crippen molar-refractivity contribution in [1.29, 1.82) is 0 Å². The van der Waals surface area contributed by atoms with E-state index in [0.29, 0.717) is 11.7 Å². The normalized spacial score (nSPS) is 10.9. The molecule has 1 rings (SSSR count). The number of aryl methyl sites for hydroxylation is 1. The maximum absolute atomic E-state index is 9.60. The highest BCUT2D eigenvalue weighted by atomic mass is 16.3. The zero-order valence-corrected chi connectivity index (χ0v) is 9.38. The van der Waals surface area contributed by atoms with Gasteiger partial charge in [-0.25, -0.2) is 0 Å². The summed E-state index contributed by atoms with van der Waals surface area (Å²) in [6, 6.07) is 5.98. The number of hydrogen-bond acceptors (Lipinski definition) is 1. The van der Waals surface area contributed by atoms with Crippen LogP contribution < -0.4 is 0 Å². The molecule has 14 heavy (non-hydrogen) atoms. The van der Waals surface area contributed by atoms with Crippen LogP contribution >= 0.6 is 0 Å². The maximum Gasteiger partial charge on any atom is 0.118 e. The minimum Gasteiger partial charge on any atom is -0.508 e. The molecule has 0 atom stereocenters. The van der Waals surface area contributed by atoms with Gasteiger partial charge < -0.3 is 5.11 Å². The quantitative estimate of drug-likeness (QED) is 0.773. The van der Waals surface area contributed by atoms with Crippen LogP contribution in [0.1, 0.15) is 38.3 Å². The second-order valence-corrected chi connectivity index (χ2v) is 4.31. The molecule has 0 aliphatic carbocycles. The first-order valence-corrected chi connectivity index (χ1v) is 5.44. The second-order valence-electron chi connectivity index (χ2n) is 4.31. The van der Waals surface area contributed by atoms with Gasteiger partial charge in [-0.3, -0.25) is 0 Å². The van der Waals surface area contributed by atoms with Crippen molar-refractivity contribution in [3.8, 4) is 5.75 Å². The van der Waals surface area contributed by atoms with E-state index in [0.717, 1.165) is 24.8 Å². The Morgan fingerprint density at radius 2 is 2.00 bits per heavy atom. The van der Waals surface area contributed by atoms with Gasteiger partial charge in [0.15, 0.2) is 0 Å². The monoisotopic (exact) mass is 192 g/mol. The summed E-state index contributed by atoms with van der Waals surface area (Å²) in [5, 5.41) is 9.60. The first-order valence-electron chi connectivity index (χ1n) is 5.44. The number of rotatable bonds is 4. The number of phenolic OH excluding ortho intramolecular Hbond substituents is 1. The Labute approximate surface area is 86.8 Å². The Morgan fingerprint density at radius 3 is 2.57 bits per heavy atom. The minimum atomic E-state index is 0.444. The highest BCUT2D eigenvalue weighted by Gasteiger charge is 2.03. The van der Waals surface area contributed by atoms with Crippen molar-refractivity contribution in [2.75, 3.05) is 0 Å². The van der Waals surface area contributed by atoms with Crippen LogP contribution in [-0.2, 0) is 12.8 Å². The third kappa shape index (κ3) is 3.06. The van der Waals surface area contributed by atoms with Gasteiger partial charge in [-0.2, -0.15) is 0 Å². The number of benzene rings is 1. The molecule has 0 saturated carbocycles. The van der Waals surface area contributed by atoms with Gasteiger partial charge in [-0.15, -0.1) is 0 Å². The molecule has 0 aliphatic rings. The number of phenols is 1. The van der Waals surface area contributed by atoms with Crippen LogP contribution in [0.15, 0.2) is 18.2 Å². The van der Waals surface area contributed by atoms with Gasteiger partial charge in [0.2, 0.25) is 0 Å². The van der Waals surface area contributed by atoms with Crippen molar-refractivity contribution in [2.24, 2.45) is 5.92 Å². The molecule has 0 spiro atoms. The molecule has 0 aliphatic heterocycles. The van der Waals surface area contributed by atoms with E-state index in [1.807, 2.05) is 12.1 Å². The molecule has 0 bridgehead atoms. The summed E-state index contributed by atoms with van der Waals surface area (Å²) >= 11 is 0. The number of hydrogen-bond donors (Lipinski definition) is 1. The lowest BCUT2D eigenvalue weighted by Gasteiger charge is -2.08. The first kappa shape index (κ1) is 11.1. The predicted molar refractivity (Wildman–Crippen MR) is 60.6 cm³/mol. The predicted octanol–water partition coefficient (Wildman–Crippen LogP) is 3.54. The van der Waals surface area contributed by atoms with E-state index in [-0.39, 0.29) is 0 Å². The lowest BCUT2D eigenvalue weighted by Crippen LogP contribution is -1.95.